The van der Waals surface area contributed by atoms with Crippen LogP contribution in [0.1, 0.15) is 18.9 Å². The summed E-state index contributed by atoms with van der Waals surface area (Å²) in [4.78, 5) is 10.6. The summed E-state index contributed by atoms with van der Waals surface area (Å²) in [7, 11) is 0. The molecule has 1 aromatic heterocycles. The smallest absolute Gasteiger partial charge is 0.304 e. The second-order valence-electron chi connectivity index (χ2n) is 3.35. The van der Waals surface area contributed by atoms with Crippen molar-refractivity contribution in [3.63, 3.8) is 0 Å². The van der Waals surface area contributed by atoms with Gasteiger partial charge in [0.15, 0.2) is 0 Å². The molecule has 3 N–H and O–H groups in total. The van der Waals surface area contributed by atoms with Crippen LogP contribution in [-0.2, 0) is 10.2 Å². The molecule has 0 amide bonds. The number of hydrogen-bond donors (Lipinski definition) is 2. The predicted octanol–water partition coefficient (Wildman–Crippen LogP) is 0.971. The van der Waals surface area contributed by atoms with Gasteiger partial charge < -0.3 is 15.3 Å². The molecule has 4 heteroatoms. The summed E-state index contributed by atoms with van der Waals surface area (Å²) in [5, 5.41) is 8.69. The van der Waals surface area contributed by atoms with E-state index in [4.69, 9.17) is 15.3 Å². The molecule has 13 heavy (non-hydrogen) atoms. The Balaban J connectivity index is 2.87. The van der Waals surface area contributed by atoms with Gasteiger partial charge in [-0.25, -0.2) is 0 Å². The summed E-state index contributed by atoms with van der Waals surface area (Å²) >= 11 is 0. The minimum Gasteiger partial charge on any atom is -0.481 e. The first kappa shape index (κ1) is 9.80. The number of rotatable bonds is 4. The van der Waals surface area contributed by atoms with Gasteiger partial charge in [-0.2, -0.15) is 0 Å². The van der Waals surface area contributed by atoms with E-state index in [2.05, 4.69) is 0 Å². The van der Waals surface area contributed by atoms with E-state index in [9.17, 15) is 4.79 Å². The molecule has 1 heterocycles. The first-order valence-electron chi connectivity index (χ1n) is 4.03. The molecular formula is C9H13NO3. The van der Waals surface area contributed by atoms with Gasteiger partial charge >= 0.3 is 5.97 Å². The number of aliphatic carboxylic acids is 1. The summed E-state index contributed by atoms with van der Waals surface area (Å²) < 4.78 is 4.90. The normalized spacial score (nSPS) is 15.2. The highest BCUT2D eigenvalue weighted by Gasteiger charge is 2.28. The zero-order valence-corrected chi connectivity index (χ0v) is 7.49. The van der Waals surface area contributed by atoms with Crippen molar-refractivity contribution in [2.75, 3.05) is 6.54 Å². The van der Waals surface area contributed by atoms with Crippen molar-refractivity contribution in [3.05, 3.63) is 24.2 Å². The first-order valence-corrected chi connectivity index (χ1v) is 4.03. The maximum atomic E-state index is 10.6. The molecule has 72 valence electrons. The quantitative estimate of drug-likeness (QED) is 0.729. The van der Waals surface area contributed by atoms with Crippen molar-refractivity contribution in [2.24, 2.45) is 5.73 Å². The maximum Gasteiger partial charge on any atom is 0.304 e. The fourth-order valence-electron chi connectivity index (χ4n) is 1.23. The molecule has 0 bridgehead atoms. The van der Waals surface area contributed by atoms with Crippen LogP contribution in [0.4, 0.5) is 0 Å². The maximum absolute atomic E-state index is 10.6. The Morgan fingerprint density at radius 2 is 2.46 bits per heavy atom. The highest BCUT2D eigenvalue weighted by molar-refractivity contribution is 5.69. The molecule has 0 saturated carbocycles. The molecule has 1 atom stereocenters. The Morgan fingerprint density at radius 3 is 2.85 bits per heavy atom. The van der Waals surface area contributed by atoms with E-state index in [0.29, 0.717) is 6.54 Å². The number of carbonyl (C=O) groups is 1. The third kappa shape index (κ3) is 2.09. The van der Waals surface area contributed by atoms with Gasteiger partial charge in [-0.05, 0) is 11.6 Å². The van der Waals surface area contributed by atoms with Gasteiger partial charge in [0.2, 0.25) is 0 Å². The number of hydrogen-bond acceptors (Lipinski definition) is 3. The van der Waals surface area contributed by atoms with Crippen LogP contribution < -0.4 is 5.73 Å². The summed E-state index contributed by atoms with van der Waals surface area (Å²) in [6.07, 6.45) is 3.07. The van der Waals surface area contributed by atoms with Gasteiger partial charge in [-0.3, -0.25) is 4.79 Å². The van der Waals surface area contributed by atoms with Crippen LogP contribution in [0.25, 0.3) is 0 Å². The van der Waals surface area contributed by atoms with E-state index in [1.54, 1.807) is 6.07 Å². The van der Waals surface area contributed by atoms with Gasteiger partial charge in [0.1, 0.15) is 0 Å². The van der Waals surface area contributed by atoms with Crippen molar-refractivity contribution >= 4 is 5.97 Å². The molecule has 0 aliphatic carbocycles. The van der Waals surface area contributed by atoms with Crippen LogP contribution >= 0.6 is 0 Å². The van der Waals surface area contributed by atoms with Gasteiger partial charge in [0, 0.05) is 12.0 Å². The second kappa shape index (κ2) is 3.62. The Kier molecular flexibility index (Phi) is 2.72. The zero-order chi connectivity index (χ0) is 9.90. The lowest BCUT2D eigenvalue weighted by atomic mass is 9.81. The van der Waals surface area contributed by atoms with Crippen molar-refractivity contribution in [2.45, 2.75) is 18.8 Å². The van der Waals surface area contributed by atoms with Crippen LogP contribution in [0.2, 0.25) is 0 Å². The molecule has 0 fully saturated rings. The minimum atomic E-state index is -0.853. The van der Waals surface area contributed by atoms with Crippen molar-refractivity contribution in [1.82, 2.24) is 0 Å². The molecule has 0 spiro atoms. The number of furan rings is 1. The lowest BCUT2D eigenvalue weighted by molar-refractivity contribution is -0.138. The average Bonchev–Trinajstić information content (AvgIpc) is 2.55. The SMILES string of the molecule is CC(CN)(CC(=O)O)c1ccoc1. The highest BCUT2D eigenvalue weighted by Crippen LogP contribution is 2.26. The third-order valence-corrected chi connectivity index (χ3v) is 2.21. The van der Waals surface area contributed by atoms with Gasteiger partial charge in [0.05, 0.1) is 18.9 Å². The molecule has 1 rings (SSSR count). The standard InChI is InChI=1S/C9H13NO3/c1-9(6-10,4-8(11)12)7-2-3-13-5-7/h2-3,5H,4,6,10H2,1H3,(H,11,12). The lowest BCUT2D eigenvalue weighted by Gasteiger charge is -2.24. The molecule has 0 aromatic carbocycles. The van der Waals surface area contributed by atoms with Crippen LogP contribution in [0.15, 0.2) is 23.0 Å². The summed E-state index contributed by atoms with van der Waals surface area (Å²) in [6.45, 7) is 2.10. The summed E-state index contributed by atoms with van der Waals surface area (Å²) in [5.41, 5.74) is 5.84. The molecule has 4 nitrogen and oxygen atoms in total. The topological polar surface area (TPSA) is 76.5 Å². The Bertz CT molecular complexity index is 281. The predicted molar refractivity (Wildman–Crippen MR) is 47.4 cm³/mol. The van der Waals surface area contributed by atoms with Gasteiger partial charge in [0.25, 0.3) is 0 Å². The Labute approximate surface area is 76.3 Å². The number of carboxylic acids is 1. The fourth-order valence-corrected chi connectivity index (χ4v) is 1.23. The average molecular weight is 183 g/mol. The van der Waals surface area contributed by atoms with Crippen molar-refractivity contribution in [1.29, 1.82) is 0 Å². The number of carboxylic acid groups (broad SMARTS) is 1. The van der Waals surface area contributed by atoms with E-state index in [1.165, 1.54) is 12.5 Å². The van der Waals surface area contributed by atoms with E-state index in [0.717, 1.165) is 5.56 Å². The molecular weight excluding hydrogens is 170 g/mol. The summed E-state index contributed by atoms with van der Waals surface area (Å²) in [6, 6.07) is 1.75. The largest absolute Gasteiger partial charge is 0.481 e. The first-order chi connectivity index (χ1) is 6.08. The van der Waals surface area contributed by atoms with E-state index < -0.39 is 11.4 Å². The second-order valence-corrected chi connectivity index (χ2v) is 3.35. The molecule has 0 saturated heterocycles. The van der Waals surface area contributed by atoms with E-state index in [1.807, 2.05) is 6.92 Å². The van der Waals surface area contributed by atoms with Gasteiger partial charge in [-0.15, -0.1) is 0 Å². The van der Waals surface area contributed by atoms with Crippen molar-refractivity contribution < 1.29 is 14.3 Å². The van der Waals surface area contributed by atoms with E-state index >= 15 is 0 Å². The van der Waals surface area contributed by atoms with Crippen LogP contribution in [0, 0.1) is 0 Å². The monoisotopic (exact) mass is 183 g/mol. The van der Waals surface area contributed by atoms with Crippen LogP contribution in [0.5, 0.6) is 0 Å². The Hall–Kier alpha value is -1.29. The third-order valence-electron chi connectivity index (χ3n) is 2.21. The van der Waals surface area contributed by atoms with E-state index in [-0.39, 0.29) is 6.42 Å². The van der Waals surface area contributed by atoms with Crippen LogP contribution in [0.3, 0.4) is 0 Å². The molecule has 0 radical (unpaired) electrons. The highest BCUT2D eigenvalue weighted by atomic mass is 16.4. The van der Waals surface area contributed by atoms with Crippen molar-refractivity contribution in [3.8, 4) is 0 Å². The fraction of sp³-hybridized carbons (Fsp3) is 0.444. The summed E-state index contributed by atoms with van der Waals surface area (Å²) in [5.74, 6) is -0.853. The molecule has 1 aromatic rings. The van der Waals surface area contributed by atoms with Gasteiger partial charge in [-0.1, -0.05) is 6.92 Å². The Morgan fingerprint density at radius 1 is 1.77 bits per heavy atom. The lowest BCUT2D eigenvalue weighted by Crippen LogP contribution is -2.33. The minimum absolute atomic E-state index is 0.0169. The number of nitrogens with two attached hydrogens (primary N) is 1. The molecule has 0 aliphatic rings. The van der Waals surface area contributed by atoms with Crippen LogP contribution in [-0.4, -0.2) is 17.6 Å². The molecule has 0 aliphatic heterocycles. The molecule has 1 unspecified atom stereocenters. The zero-order valence-electron chi connectivity index (χ0n) is 7.49.